The largest absolute Gasteiger partial charge is 0.496 e. The lowest BCUT2D eigenvalue weighted by atomic mass is 10.0. The smallest absolute Gasteiger partial charge is 0.310 e. The van der Waals surface area contributed by atoms with Crippen LogP contribution < -0.4 is 9.64 Å². The average Bonchev–Trinajstić information content (AvgIpc) is 3.05. The minimum Gasteiger partial charge on any atom is -0.496 e. The van der Waals surface area contributed by atoms with Crippen molar-refractivity contribution in [2.75, 3.05) is 18.6 Å². The number of hydrogen-bond acceptors (Lipinski definition) is 6. The normalized spacial score (nSPS) is 22.8. The summed E-state index contributed by atoms with van der Waals surface area (Å²) in [5.74, 6) is -0.373. The molecule has 33 heavy (non-hydrogen) atoms. The number of methoxy groups -OCH3 is 1. The molecule has 3 rings (SSSR count). The fraction of sp³-hybridized carbons (Fsp3) is 0.350. The second-order valence-electron chi connectivity index (χ2n) is 8.02. The molecular formula is C20H21F5N4O3S. The number of carbonyl (C=O) groups excluding carboxylic acids is 1. The van der Waals surface area contributed by atoms with Crippen molar-refractivity contribution in [1.29, 1.82) is 5.26 Å². The summed E-state index contributed by atoms with van der Waals surface area (Å²) >= 11 is 0. The van der Waals surface area contributed by atoms with E-state index >= 15 is 0 Å². The van der Waals surface area contributed by atoms with Gasteiger partial charge in [-0.2, -0.15) is 5.26 Å². The molecule has 0 radical (unpaired) electrons. The minimum absolute atomic E-state index is 0.108. The summed E-state index contributed by atoms with van der Waals surface area (Å²) in [6.45, 7) is 1.10. The molecule has 1 saturated heterocycles. The molecule has 7 nitrogen and oxygen atoms in total. The first kappa shape index (κ1) is 24.5. The van der Waals surface area contributed by atoms with E-state index in [0.717, 1.165) is 21.9 Å². The molecule has 0 bridgehead atoms. The van der Waals surface area contributed by atoms with Crippen molar-refractivity contribution in [2.45, 2.75) is 36.4 Å². The van der Waals surface area contributed by atoms with Gasteiger partial charge in [0.05, 0.1) is 25.8 Å². The van der Waals surface area contributed by atoms with Gasteiger partial charge in [-0.3, -0.25) is 14.7 Å². The number of pyridine rings is 1. The number of nitrogens with zero attached hydrogens (tertiary/aromatic N) is 4. The van der Waals surface area contributed by atoms with Gasteiger partial charge in [0.1, 0.15) is 16.7 Å². The first-order valence-corrected chi connectivity index (χ1v) is 11.5. The van der Waals surface area contributed by atoms with Crippen LogP contribution in [0.5, 0.6) is 5.75 Å². The molecule has 2 aromatic rings. The highest BCUT2D eigenvalue weighted by molar-refractivity contribution is 8.45. The van der Waals surface area contributed by atoms with Gasteiger partial charge in [0.2, 0.25) is 0 Å². The topological polar surface area (TPSA) is 89.7 Å². The molecule has 1 N–H and O–H groups in total. The average molecular weight is 492 g/mol. The molecule has 0 saturated carbocycles. The Morgan fingerprint density at radius 3 is 2.48 bits per heavy atom. The molecule has 2 heterocycles. The van der Waals surface area contributed by atoms with Gasteiger partial charge in [0, 0.05) is 30.1 Å². The molecule has 0 unspecified atom stereocenters. The maximum absolute atomic E-state index is 13.4. The number of anilines is 1. The Morgan fingerprint density at radius 2 is 1.94 bits per heavy atom. The predicted molar refractivity (Wildman–Crippen MR) is 111 cm³/mol. The van der Waals surface area contributed by atoms with Crippen LogP contribution in [0.15, 0.2) is 47.6 Å². The van der Waals surface area contributed by atoms with Crippen molar-refractivity contribution >= 4 is 21.8 Å². The number of ether oxygens (including phenoxy) is 1. The van der Waals surface area contributed by atoms with E-state index in [-0.39, 0.29) is 37.3 Å². The summed E-state index contributed by atoms with van der Waals surface area (Å²) in [5, 5.41) is 19.7. The zero-order valence-corrected chi connectivity index (χ0v) is 18.4. The highest BCUT2D eigenvalue weighted by Crippen LogP contribution is 3.02. The number of nitriles is 1. The molecule has 180 valence electrons. The Kier molecular flexibility index (Phi) is 5.54. The molecule has 1 amide bonds. The van der Waals surface area contributed by atoms with Crippen molar-refractivity contribution in [3.63, 3.8) is 0 Å². The predicted octanol–water partition coefficient (Wildman–Crippen LogP) is 4.59. The molecule has 1 fully saturated rings. The molecule has 1 aliphatic rings. The molecule has 0 aliphatic carbocycles. The van der Waals surface area contributed by atoms with Crippen LogP contribution in [0.1, 0.15) is 18.9 Å². The van der Waals surface area contributed by atoms with E-state index in [1.807, 2.05) is 6.19 Å². The number of halogens is 5. The number of rotatable bonds is 6. The third-order valence-corrected chi connectivity index (χ3v) is 6.36. The lowest BCUT2D eigenvalue weighted by Gasteiger charge is -2.40. The molecular weight excluding hydrogens is 471 g/mol. The summed E-state index contributed by atoms with van der Waals surface area (Å²) in [6, 6.07) is 2.35. The SMILES string of the molecule is COc1ccncc1CN(C(=O)[C@H]1C[C@@](C)(O)CN1C#N)c1ccc(S(F)(F)(F)(F)F)cc1. The molecule has 1 aliphatic heterocycles. The Bertz CT molecular complexity index is 1100. The van der Waals surface area contributed by atoms with Gasteiger partial charge in [-0.05, 0) is 37.3 Å². The fourth-order valence-electron chi connectivity index (χ4n) is 3.66. The van der Waals surface area contributed by atoms with Gasteiger partial charge in [-0.1, -0.05) is 19.4 Å². The van der Waals surface area contributed by atoms with E-state index < -0.39 is 32.7 Å². The second-order valence-corrected chi connectivity index (χ2v) is 10.4. The number of β-amino-alcohol motifs (C(OH)–C–C–N with tert-alkyl or cyclic N) is 1. The van der Waals surface area contributed by atoms with Gasteiger partial charge in [-0.15, -0.1) is 0 Å². The summed E-state index contributed by atoms with van der Waals surface area (Å²) in [4.78, 5) is 17.4. The lowest BCUT2D eigenvalue weighted by Crippen LogP contribution is -2.44. The number of aromatic nitrogens is 1. The highest BCUT2D eigenvalue weighted by Gasteiger charge is 2.65. The van der Waals surface area contributed by atoms with Crippen LogP contribution in [0, 0.1) is 11.5 Å². The van der Waals surface area contributed by atoms with E-state index in [4.69, 9.17) is 4.74 Å². The van der Waals surface area contributed by atoms with Crippen molar-refractivity contribution in [3.8, 4) is 11.9 Å². The Hall–Kier alpha value is -3.11. The molecule has 1 aromatic carbocycles. The van der Waals surface area contributed by atoms with E-state index in [9.17, 15) is 34.6 Å². The minimum atomic E-state index is -9.90. The van der Waals surface area contributed by atoms with E-state index in [2.05, 4.69) is 4.98 Å². The third-order valence-electron chi connectivity index (χ3n) is 5.20. The van der Waals surface area contributed by atoms with Crippen molar-refractivity contribution < 1.29 is 34.1 Å². The van der Waals surface area contributed by atoms with Crippen molar-refractivity contribution in [1.82, 2.24) is 9.88 Å². The maximum atomic E-state index is 13.4. The van der Waals surface area contributed by atoms with Crippen molar-refractivity contribution in [2.24, 2.45) is 0 Å². The third kappa shape index (κ3) is 5.45. The number of benzene rings is 1. The number of hydrogen-bond donors (Lipinski definition) is 1. The molecule has 2 atom stereocenters. The molecule has 0 spiro atoms. The van der Waals surface area contributed by atoms with Gasteiger partial charge < -0.3 is 14.7 Å². The van der Waals surface area contributed by atoms with Gasteiger partial charge >= 0.3 is 10.2 Å². The Labute approximate surface area is 186 Å². The first-order chi connectivity index (χ1) is 15.0. The van der Waals surface area contributed by atoms with Gasteiger partial charge in [0.25, 0.3) is 5.91 Å². The number of amides is 1. The number of likely N-dealkylation sites (tertiary alicyclic amines) is 1. The zero-order chi connectivity index (χ0) is 24.7. The Morgan fingerprint density at radius 1 is 1.30 bits per heavy atom. The van der Waals surface area contributed by atoms with E-state index in [1.54, 1.807) is 0 Å². The Balaban J connectivity index is 2.05. The van der Waals surface area contributed by atoms with Crippen LogP contribution in [0.4, 0.5) is 25.1 Å². The highest BCUT2D eigenvalue weighted by atomic mass is 32.5. The van der Waals surface area contributed by atoms with Crippen LogP contribution in [0.3, 0.4) is 0 Å². The van der Waals surface area contributed by atoms with Crippen LogP contribution in [-0.2, 0) is 11.3 Å². The zero-order valence-electron chi connectivity index (χ0n) is 17.6. The van der Waals surface area contributed by atoms with Crippen LogP contribution in [0.2, 0.25) is 0 Å². The second kappa shape index (κ2) is 7.46. The maximum Gasteiger partial charge on any atom is 0.310 e. The monoisotopic (exact) mass is 492 g/mol. The first-order valence-electron chi connectivity index (χ1n) is 9.56. The van der Waals surface area contributed by atoms with Gasteiger partial charge in [-0.25, -0.2) is 0 Å². The fourth-order valence-corrected chi connectivity index (χ4v) is 4.31. The lowest BCUT2D eigenvalue weighted by molar-refractivity contribution is -0.122. The van der Waals surface area contributed by atoms with Crippen LogP contribution in [-0.4, -0.2) is 46.2 Å². The number of aliphatic hydroxyl groups is 1. The van der Waals surface area contributed by atoms with Gasteiger partial charge in [0.15, 0.2) is 6.19 Å². The molecule has 1 aromatic heterocycles. The van der Waals surface area contributed by atoms with E-state index in [0.29, 0.717) is 11.3 Å². The quantitative estimate of drug-likeness (QED) is 0.469. The molecule has 13 heteroatoms. The van der Waals surface area contributed by atoms with E-state index in [1.165, 1.54) is 32.5 Å². The van der Waals surface area contributed by atoms with Crippen LogP contribution >= 0.6 is 10.2 Å². The summed E-state index contributed by atoms with van der Waals surface area (Å²) in [6.07, 6.45) is 4.54. The standard InChI is InChI=1S/C20H21F5N4O3S/c1-20(31)9-17(28(12-20)13-26)19(30)29(11-14-10-27-8-7-18(14)32-2)15-3-5-16(6-4-15)33(21,22,23,24)25/h3-8,10,17,31H,9,11-12H2,1-2H3/t17-,20-/m1/s1. The van der Waals surface area contributed by atoms with Crippen molar-refractivity contribution in [3.05, 3.63) is 48.3 Å². The summed E-state index contributed by atoms with van der Waals surface area (Å²) < 4.78 is 70.9. The summed E-state index contributed by atoms with van der Waals surface area (Å²) in [5.41, 5.74) is -1.07. The number of carbonyl (C=O) groups is 1. The van der Waals surface area contributed by atoms with Crippen LogP contribution in [0.25, 0.3) is 0 Å². The summed E-state index contributed by atoms with van der Waals surface area (Å²) in [7, 11) is -8.53.